The van der Waals surface area contributed by atoms with Crippen molar-refractivity contribution in [3.8, 4) is 11.5 Å². The number of esters is 1. The zero-order valence-corrected chi connectivity index (χ0v) is 12.0. The maximum atomic E-state index is 11.4. The van der Waals surface area contributed by atoms with Gasteiger partial charge in [-0.15, -0.1) is 0 Å². The van der Waals surface area contributed by atoms with E-state index in [9.17, 15) is 9.59 Å². The summed E-state index contributed by atoms with van der Waals surface area (Å²) in [4.78, 5) is 22.8. The summed E-state index contributed by atoms with van der Waals surface area (Å²) in [5.41, 5.74) is 0. The van der Waals surface area contributed by atoms with E-state index in [1.165, 1.54) is 0 Å². The minimum atomic E-state index is -0.574. The predicted octanol–water partition coefficient (Wildman–Crippen LogP) is 1.29. The Morgan fingerprint density at radius 1 is 1.10 bits per heavy atom. The van der Waals surface area contributed by atoms with Crippen LogP contribution in [0.1, 0.15) is 19.8 Å². The number of hydrogen-bond acceptors (Lipinski definition) is 5. The molecule has 1 aromatic rings. The molecule has 0 atom stereocenters. The number of ether oxygens (including phenoxy) is 3. The summed E-state index contributed by atoms with van der Waals surface area (Å²) >= 11 is 0. The lowest BCUT2D eigenvalue weighted by molar-refractivity contribution is -0.150. The molecule has 0 spiro atoms. The molecule has 0 unspecified atom stereocenters. The molecule has 6 nitrogen and oxygen atoms in total. The lowest BCUT2D eigenvalue weighted by Crippen LogP contribution is -2.31. The van der Waals surface area contributed by atoms with E-state index in [4.69, 9.17) is 14.2 Å². The van der Waals surface area contributed by atoms with E-state index in [1.54, 1.807) is 24.3 Å². The molecule has 6 heteroatoms. The first kappa shape index (κ1) is 15.2. The fourth-order valence-corrected chi connectivity index (χ4v) is 1.63. The average molecular weight is 293 g/mol. The molecule has 1 aliphatic carbocycles. The molecule has 0 heterocycles. The molecular formula is C15H19NO5. The number of rotatable bonds is 8. The van der Waals surface area contributed by atoms with Crippen molar-refractivity contribution in [2.75, 3.05) is 19.8 Å². The Bertz CT molecular complexity index is 481. The first-order valence-electron chi connectivity index (χ1n) is 6.98. The van der Waals surface area contributed by atoms with Gasteiger partial charge in [-0.25, -0.2) is 4.79 Å². The van der Waals surface area contributed by atoms with Crippen molar-refractivity contribution < 1.29 is 23.8 Å². The molecule has 0 bridgehead atoms. The van der Waals surface area contributed by atoms with Crippen LogP contribution in [-0.4, -0.2) is 37.7 Å². The van der Waals surface area contributed by atoms with Gasteiger partial charge in [-0.2, -0.15) is 0 Å². The van der Waals surface area contributed by atoms with Gasteiger partial charge in [0.1, 0.15) is 11.5 Å². The Balaban J connectivity index is 1.64. The third-order valence-corrected chi connectivity index (χ3v) is 2.80. The minimum absolute atomic E-state index is 0.231. The van der Waals surface area contributed by atoms with Crippen LogP contribution >= 0.6 is 0 Å². The molecule has 1 aromatic carbocycles. The van der Waals surface area contributed by atoms with Crippen LogP contribution in [0.25, 0.3) is 0 Å². The molecule has 0 radical (unpaired) electrons. The number of hydrogen-bond donors (Lipinski definition) is 1. The van der Waals surface area contributed by atoms with Gasteiger partial charge >= 0.3 is 5.97 Å². The highest BCUT2D eigenvalue weighted by atomic mass is 16.6. The van der Waals surface area contributed by atoms with Crippen LogP contribution in [-0.2, 0) is 14.3 Å². The zero-order chi connectivity index (χ0) is 15.1. The van der Waals surface area contributed by atoms with Crippen LogP contribution in [0.4, 0.5) is 0 Å². The van der Waals surface area contributed by atoms with E-state index < -0.39 is 5.97 Å². The first-order valence-corrected chi connectivity index (χ1v) is 6.98. The number of benzene rings is 1. The van der Waals surface area contributed by atoms with Crippen LogP contribution in [0.15, 0.2) is 24.3 Å². The molecule has 0 aliphatic heterocycles. The van der Waals surface area contributed by atoms with Gasteiger partial charge in [-0.05, 0) is 44.0 Å². The van der Waals surface area contributed by atoms with Gasteiger partial charge in [0, 0.05) is 6.04 Å². The van der Waals surface area contributed by atoms with Crippen molar-refractivity contribution in [1.29, 1.82) is 0 Å². The van der Waals surface area contributed by atoms with Gasteiger partial charge < -0.3 is 19.5 Å². The summed E-state index contributed by atoms with van der Waals surface area (Å²) in [6, 6.07) is 7.19. The second-order valence-corrected chi connectivity index (χ2v) is 4.70. The smallest absolute Gasteiger partial charge is 0.344 e. The maximum absolute atomic E-state index is 11.4. The standard InChI is InChI=1S/C15H19NO5/c1-2-19-12-5-7-13(8-6-12)20-10-15(18)21-9-14(17)16-11-3-4-11/h5-8,11H,2-4,9-10H2,1H3,(H,16,17). The highest BCUT2D eigenvalue weighted by Crippen LogP contribution is 2.18. The number of nitrogens with one attached hydrogen (secondary N) is 1. The van der Waals surface area contributed by atoms with Crippen molar-refractivity contribution in [3.63, 3.8) is 0 Å². The third kappa shape index (κ3) is 5.72. The Labute approximate surface area is 123 Å². The molecule has 1 fully saturated rings. The molecule has 1 N–H and O–H groups in total. The fourth-order valence-electron chi connectivity index (χ4n) is 1.63. The molecule has 21 heavy (non-hydrogen) atoms. The van der Waals surface area contributed by atoms with E-state index in [-0.39, 0.29) is 25.2 Å². The molecule has 0 saturated heterocycles. The monoisotopic (exact) mass is 293 g/mol. The van der Waals surface area contributed by atoms with Crippen LogP contribution in [0.2, 0.25) is 0 Å². The average Bonchev–Trinajstić information content (AvgIpc) is 3.28. The largest absolute Gasteiger partial charge is 0.494 e. The summed E-state index contributed by atoms with van der Waals surface area (Å²) in [5, 5.41) is 2.73. The highest BCUT2D eigenvalue weighted by Gasteiger charge is 2.23. The van der Waals surface area contributed by atoms with E-state index in [2.05, 4.69) is 5.32 Å². The van der Waals surface area contributed by atoms with Crippen molar-refractivity contribution in [3.05, 3.63) is 24.3 Å². The topological polar surface area (TPSA) is 73.9 Å². The summed E-state index contributed by atoms with van der Waals surface area (Å²) in [6.07, 6.45) is 2.00. The quantitative estimate of drug-likeness (QED) is 0.731. The molecule has 114 valence electrons. The summed E-state index contributed by atoms with van der Waals surface area (Å²) < 4.78 is 15.4. The van der Waals surface area contributed by atoms with Crippen molar-refractivity contribution in [1.82, 2.24) is 5.32 Å². The van der Waals surface area contributed by atoms with Crippen LogP contribution in [0.3, 0.4) is 0 Å². The molecular weight excluding hydrogens is 274 g/mol. The van der Waals surface area contributed by atoms with Crippen molar-refractivity contribution >= 4 is 11.9 Å². The van der Waals surface area contributed by atoms with Gasteiger partial charge in [0.15, 0.2) is 13.2 Å². The Morgan fingerprint density at radius 3 is 2.29 bits per heavy atom. The first-order chi connectivity index (χ1) is 10.2. The molecule has 1 aliphatic rings. The maximum Gasteiger partial charge on any atom is 0.344 e. The fraction of sp³-hybridized carbons (Fsp3) is 0.467. The molecule has 0 aromatic heterocycles. The van der Waals surface area contributed by atoms with E-state index in [0.29, 0.717) is 12.4 Å². The van der Waals surface area contributed by atoms with Crippen molar-refractivity contribution in [2.24, 2.45) is 0 Å². The molecule has 1 amide bonds. The second kappa shape index (κ2) is 7.52. The number of carbonyl (C=O) groups excluding carboxylic acids is 2. The summed E-state index contributed by atoms with van der Waals surface area (Å²) in [6.45, 7) is 2.00. The van der Waals surface area contributed by atoms with Gasteiger partial charge in [-0.3, -0.25) is 4.79 Å². The number of amides is 1. The molecule has 2 rings (SSSR count). The van der Waals surface area contributed by atoms with E-state index >= 15 is 0 Å². The highest BCUT2D eigenvalue weighted by molar-refractivity contribution is 5.81. The van der Waals surface area contributed by atoms with Gasteiger partial charge in [0.05, 0.1) is 6.61 Å². The van der Waals surface area contributed by atoms with Gasteiger partial charge in [0.25, 0.3) is 5.91 Å². The molecule has 1 saturated carbocycles. The van der Waals surface area contributed by atoms with Crippen LogP contribution in [0, 0.1) is 0 Å². The Morgan fingerprint density at radius 2 is 1.71 bits per heavy atom. The predicted molar refractivity (Wildman–Crippen MR) is 75.2 cm³/mol. The summed E-state index contributed by atoms with van der Waals surface area (Å²) in [5.74, 6) is 0.434. The minimum Gasteiger partial charge on any atom is -0.494 e. The van der Waals surface area contributed by atoms with E-state index in [0.717, 1.165) is 18.6 Å². The lowest BCUT2D eigenvalue weighted by Gasteiger charge is -2.08. The van der Waals surface area contributed by atoms with Gasteiger partial charge in [-0.1, -0.05) is 0 Å². The van der Waals surface area contributed by atoms with Gasteiger partial charge in [0.2, 0.25) is 0 Å². The Hall–Kier alpha value is -2.24. The SMILES string of the molecule is CCOc1ccc(OCC(=O)OCC(=O)NC2CC2)cc1. The van der Waals surface area contributed by atoms with Crippen molar-refractivity contribution in [2.45, 2.75) is 25.8 Å². The Kier molecular flexibility index (Phi) is 5.43. The lowest BCUT2D eigenvalue weighted by atomic mass is 10.3. The number of carbonyl (C=O) groups is 2. The van der Waals surface area contributed by atoms with Crippen LogP contribution in [0.5, 0.6) is 11.5 Å². The normalized spacial score (nSPS) is 13.4. The van der Waals surface area contributed by atoms with E-state index in [1.807, 2.05) is 6.92 Å². The second-order valence-electron chi connectivity index (χ2n) is 4.70. The zero-order valence-electron chi connectivity index (χ0n) is 12.0. The summed E-state index contributed by atoms with van der Waals surface area (Å²) in [7, 11) is 0. The van der Waals surface area contributed by atoms with Crippen LogP contribution < -0.4 is 14.8 Å². The third-order valence-electron chi connectivity index (χ3n) is 2.80.